The summed E-state index contributed by atoms with van der Waals surface area (Å²) in [4.78, 5) is 11.4. The number of nitrogens with one attached hydrogen (secondary N) is 2. The molecule has 0 aromatic heterocycles. The molecule has 0 spiro atoms. The molecule has 0 aromatic rings. The predicted octanol–water partition coefficient (Wildman–Crippen LogP) is -0.0864. The topological polar surface area (TPSA) is 76.4 Å². The van der Waals surface area contributed by atoms with Crippen molar-refractivity contribution in [2.75, 3.05) is 13.2 Å². The number of carbonyl (C=O) groups excluding carboxylic acids is 1. The largest absolute Gasteiger partial charge is 0.377 e. The maximum atomic E-state index is 11.4. The van der Waals surface area contributed by atoms with Crippen LogP contribution in [-0.2, 0) is 9.53 Å². The van der Waals surface area contributed by atoms with Gasteiger partial charge >= 0.3 is 0 Å². The Hall–Kier alpha value is -0.650. The van der Waals surface area contributed by atoms with Crippen molar-refractivity contribution in [3.63, 3.8) is 0 Å². The highest BCUT2D eigenvalue weighted by atomic mass is 16.5. The van der Waals surface area contributed by atoms with Gasteiger partial charge in [-0.3, -0.25) is 10.2 Å². The molecule has 1 aliphatic rings. The first kappa shape index (κ1) is 12.4. The van der Waals surface area contributed by atoms with Crippen LogP contribution in [0.15, 0.2) is 0 Å². The zero-order valence-electron chi connectivity index (χ0n) is 9.29. The van der Waals surface area contributed by atoms with E-state index in [4.69, 9.17) is 10.6 Å². The van der Waals surface area contributed by atoms with Crippen molar-refractivity contribution in [3.8, 4) is 0 Å². The molecule has 1 aliphatic heterocycles. The van der Waals surface area contributed by atoms with Crippen LogP contribution in [0.2, 0.25) is 0 Å². The molecule has 2 atom stereocenters. The summed E-state index contributed by atoms with van der Waals surface area (Å²) in [6.07, 6.45) is 4.21. The Morgan fingerprint density at radius 3 is 3.00 bits per heavy atom. The van der Waals surface area contributed by atoms with Gasteiger partial charge in [0.25, 0.3) is 5.91 Å². The average Bonchev–Trinajstić information content (AvgIpc) is 2.76. The lowest BCUT2D eigenvalue weighted by molar-refractivity contribution is -0.123. The van der Waals surface area contributed by atoms with Gasteiger partial charge in [-0.05, 0) is 19.3 Å². The number of ether oxygens (including phenoxy) is 1. The van der Waals surface area contributed by atoms with Crippen molar-refractivity contribution < 1.29 is 9.53 Å². The first-order valence-electron chi connectivity index (χ1n) is 5.63. The molecule has 1 heterocycles. The van der Waals surface area contributed by atoms with E-state index in [1.54, 1.807) is 0 Å². The normalized spacial score (nSPS) is 22.7. The zero-order chi connectivity index (χ0) is 11.1. The van der Waals surface area contributed by atoms with Crippen molar-refractivity contribution in [2.24, 2.45) is 5.84 Å². The Kier molecular flexibility index (Phi) is 5.60. The van der Waals surface area contributed by atoms with E-state index in [2.05, 4.69) is 10.7 Å². The second kappa shape index (κ2) is 6.76. The molecule has 0 saturated carbocycles. The third-order valence-corrected chi connectivity index (χ3v) is 2.65. The van der Waals surface area contributed by atoms with E-state index in [1.807, 2.05) is 6.92 Å². The lowest BCUT2D eigenvalue weighted by Gasteiger charge is -2.18. The molecule has 1 saturated heterocycles. The number of hydrogen-bond acceptors (Lipinski definition) is 4. The molecule has 0 aliphatic carbocycles. The minimum atomic E-state index is -0.191. The molecular formula is C10H21N3O2. The van der Waals surface area contributed by atoms with E-state index in [0.717, 1.165) is 38.8 Å². The van der Waals surface area contributed by atoms with Crippen LogP contribution in [0.1, 0.15) is 32.6 Å². The number of rotatable bonds is 6. The lowest BCUT2D eigenvalue weighted by atomic mass is 10.1. The summed E-state index contributed by atoms with van der Waals surface area (Å²) in [5, 5.41) is 3.20. The van der Waals surface area contributed by atoms with Gasteiger partial charge in [0.2, 0.25) is 0 Å². The highest BCUT2D eigenvalue weighted by molar-refractivity contribution is 5.81. The molecule has 0 bridgehead atoms. The van der Waals surface area contributed by atoms with Gasteiger partial charge in [-0.15, -0.1) is 0 Å². The molecule has 1 amide bonds. The average molecular weight is 215 g/mol. The number of nitrogens with two attached hydrogens (primary N) is 1. The van der Waals surface area contributed by atoms with Gasteiger partial charge in [-0.25, -0.2) is 5.84 Å². The fourth-order valence-corrected chi connectivity index (χ4v) is 1.79. The minimum Gasteiger partial charge on any atom is -0.377 e. The summed E-state index contributed by atoms with van der Waals surface area (Å²) in [7, 11) is 0. The van der Waals surface area contributed by atoms with Crippen LogP contribution in [-0.4, -0.2) is 31.2 Å². The lowest BCUT2D eigenvalue weighted by Crippen LogP contribution is -2.48. The summed E-state index contributed by atoms with van der Waals surface area (Å²) in [5.41, 5.74) is 2.18. The molecule has 15 heavy (non-hydrogen) atoms. The Morgan fingerprint density at radius 2 is 2.47 bits per heavy atom. The highest BCUT2D eigenvalue weighted by Crippen LogP contribution is 2.11. The molecular weight excluding hydrogens is 194 g/mol. The molecule has 0 aromatic carbocycles. The van der Waals surface area contributed by atoms with Crippen molar-refractivity contribution >= 4 is 5.91 Å². The molecule has 1 fully saturated rings. The van der Waals surface area contributed by atoms with Crippen LogP contribution in [0, 0.1) is 0 Å². The zero-order valence-corrected chi connectivity index (χ0v) is 9.29. The van der Waals surface area contributed by atoms with E-state index < -0.39 is 0 Å². The van der Waals surface area contributed by atoms with Crippen LogP contribution in [0.5, 0.6) is 0 Å². The molecule has 88 valence electrons. The maximum Gasteiger partial charge on any atom is 0.251 e. The van der Waals surface area contributed by atoms with Gasteiger partial charge in [0.15, 0.2) is 0 Å². The summed E-state index contributed by atoms with van der Waals surface area (Å²) >= 11 is 0. The molecule has 0 radical (unpaired) electrons. The fraction of sp³-hybridized carbons (Fsp3) is 0.900. The summed E-state index contributed by atoms with van der Waals surface area (Å²) in [6, 6.07) is -0.191. The van der Waals surface area contributed by atoms with Gasteiger partial charge < -0.3 is 10.1 Å². The van der Waals surface area contributed by atoms with E-state index in [1.165, 1.54) is 0 Å². The minimum absolute atomic E-state index is 0.144. The second-order valence-electron chi connectivity index (χ2n) is 3.89. The quantitative estimate of drug-likeness (QED) is 0.329. The van der Waals surface area contributed by atoms with Crippen LogP contribution in [0.4, 0.5) is 0 Å². The number of hydrogen-bond donors (Lipinski definition) is 3. The van der Waals surface area contributed by atoms with E-state index in [0.29, 0.717) is 0 Å². The smallest absolute Gasteiger partial charge is 0.251 e. The van der Waals surface area contributed by atoms with Gasteiger partial charge in [-0.2, -0.15) is 0 Å². The Balaban J connectivity index is 2.26. The Morgan fingerprint density at radius 1 is 1.67 bits per heavy atom. The second-order valence-corrected chi connectivity index (χ2v) is 3.89. The van der Waals surface area contributed by atoms with Crippen LogP contribution < -0.4 is 16.6 Å². The Labute approximate surface area is 90.7 Å². The standard InChI is InChI=1S/C10H21N3O2/c1-2-4-9(10(14)13-11)12-7-8-5-3-6-15-8/h8-9,12H,2-7,11H2,1H3,(H,13,14)/t8-,9+/m0/s1. The van der Waals surface area contributed by atoms with Gasteiger partial charge in [-0.1, -0.05) is 13.3 Å². The van der Waals surface area contributed by atoms with Gasteiger partial charge in [0.1, 0.15) is 0 Å². The van der Waals surface area contributed by atoms with E-state index in [-0.39, 0.29) is 18.1 Å². The van der Waals surface area contributed by atoms with Gasteiger partial charge in [0.05, 0.1) is 12.1 Å². The third kappa shape index (κ3) is 4.15. The molecule has 1 rings (SSSR count). The molecule has 5 heteroatoms. The first-order valence-corrected chi connectivity index (χ1v) is 5.63. The number of carbonyl (C=O) groups is 1. The number of amides is 1. The molecule has 0 unspecified atom stereocenters. The van der Waals surface area contributed by atoms with Gasteiger partial charge in [0, 0.05) is 13.2 Å². The number of hydrazine groups is 1. The summed E-state index contributed by atoms with van der Waals surface area (Å²) in [6.45, 7) is 3.62. The first-order chi connectivity index (χ1) is 7.27. The van der Waals surface area contributed by atoms with Crippen molar-refractivity contribution in [1.29, 1.82) is 0 Å². The van der Waals surface area contributed by atoms with Crippen LogP contribution in [0.3, 0.4) is 0 Å². The summed E-state index contributed by atoms with van der Waals surface area (Å²) < 4.78 is 5.47. The third-order valence-electron chi connectivity index (χ3n) is 2.65. The van der Waals surface area contributed by atoms with E-state index in [9.17, 15) is 4.79 Å². The molecule has 4 N–H and O–H groups in total. The summed E-state index contributed by atoms with van der Waals surface area (Å²) in [5.74, 6) is 4.97. The SMILES string of the molecule is CCC[C@@H](NC[C@@H]1CCCO1)C(=O)NN. The fourth-order valence-electron chi connectivity index (χ4n) is 1.79. The Bertz CT molecular complexity index is 193. The van der Waals surface area contributed by atoms with E-state index >= 15 is 0 Å². The van der Waals surface area contributed by atoms with Crippen LogP contribution in [0.25, 0.3) is 0 Å². The van der Waals surface area contributed by atoms with Crippen molar-refractivity contribution in [3.05, 3.63) is 0 Å². The predicted molar refractivity (Wildman–Crippen MR) is 58.0 cm³/mol. The highest BCUT2D eigenvalue weighted by Gasteiger charge is 2.20. The van der Waals surface area contributed by atoms with Crippen LogP contribution >= 0.6 is 0 Å². The monoisotopic (exact) mass is 215 g/mol. The van der Waals surface area contributed by atoms with Crippen molar-refractivity contribution in [1.82, 2.24) is 10.7 Å². The van der Waals surface area contributed by atoms with Crippen molar-refractivity contribution in [2.45, 2.75) is 44.8 Å². The maximum absolute atomic E-state index is 11.4. The molecule has 5 nitrogen and oxygen atoms in total.